The van der Waals surface area contributed by atoms with Crippen LogP contribution in [0.4, 0.5) is 0 Å². The summed E-state index contributed by atoms with van der Waals surface area (Å²) < 4.78 is 6.50. The van der Waals surface area contributed by atoms with Gasteiger partial charge >= 0.3 is 11.1 Å². The number of carbonyl (C=O) groups excluding carboxylic acids is 1. The normalized spacial score (nSPS) is 10.5. The van der Waals surface area contributed by atoms with Gasteiger partial charge in [-0.2, -0.15) is 4.98 Å². The number of aromatic nitrogens is 3. The molecule has 0 saturated heterocycles. The van der Waals surface area contributed by atoms with Gasteiger partial charge in [0.05, 0.1) is 17.6 Å². The SMILES string of the molecule is Cn1[nH]c(=O)c(=O)nc1SCc1occc1C(=O)NN. The van der Waals surface area contributed by atoms with Gasteiger partial charge in [0.1, 0.15) is 5.76 Å². The van der Waals surface area contributed by atoms with Crippen LogP contribution in [0.2, 0.25) is 0 Å². The average Bonchev–Trinajstić information content (AvgIpc) is 2.89. The molecule has 20 heavy (non-hydrogen) atoms. The first-order valence-corrected chi connectivity index (χ1v) is 6.39. The minimum absolute atomic E-state index is 0.252. The van der Waals surface area contributed by atoms with Gasteiger partial charge in [-0.1, -0.05) is 11.8 Å². The van der Waals surface area contributed by atoms with E-state index in [1.807, 2.05) is 5.43 Å². The first-order chi connectivity index (χ1) is 9.52. The largest absolute Gasteiger partial charge is 0.468 e. The number of hydrogen-bond acceptors (Lipinski definition) is 7. The van der Waals surface area contributed by atoms with E-state index in [4.69, 9.17) is 10.3 Å². The number of furan rings is 1. The number of nitrogens with two attached hydrogens (primary N) is 1. The maximum absolute atomic E-state index is 11.4. The summed E-state index contributed by atoms with van der Waals surface area (Å²) in [5.41, 5.74) is 0.644. The van der Waals surface area contributed by atoms with Crippen molar-refractivity contribution in [2.75, 3.05) is 0 Å². The minimum Gasteiger partial charge on any atom is -0.468 e. The lowest BCUT2D eigenvalue weighted by molar-refractivity contribution is 0.0952. The molecule has 0 aliphatic heterocycles. The van der Waals surface area contributed by atoms with E-state index in [0.29, 0.717) is 16.5 Å². The van der Waals surface area contributed by atoms with E-state index < -0.39 is 17.0 Å². The summed E-state index contributed by atoms with van der Waals surface area (Å²) in [5, 5.41) is 2.62. The summed E-state index contributed by atoms with van der Waals surface area (Å²) in [7, 11) is 1.55. The molecule has 4 N–H and O–H groups in total. The van der Waals surface area contributed by atoms with Gasteiger partial charge in [-0.25, -0.2) is 5.84 Å². The smallest absolute Gasteiger partial charge is 0.339 e. The van der Waals surface area contributed by atoms with E-state index >= 15 is 0 Å². The molecule has 0 spiro atoms. The molecule has 2 heterocycles. The summed E-state index contributed by atoms with van der Waals surface area (Å²) in [5.74, 6) is 5.22. The number of hydrazine groups is 1. The van der Waals surface area contributed by atoms with Crippen LogP contribution >= 0.6 is 11.8 Å². The number of hydrogen-bond donors (Lipinski definition) is 3. The zero-order chi connectivity index (χ0) is 14.7. The fraction of sp³-hybridized carbons (Fsp3) is 0.200. The number of nitrogens with one attached hydrogen (secondary N) is 2. The van der Waals surface area contributed by atoms with Gasteiger partial charge in [-0.3, -0.25) is 29.6 Å². The predicted molar refractivity (Wildman–Crippen MR) is 70.0 cm³/mol. The summed E-state index contributed by atoms with van der Waals surface area (Å²) in [6.07, 6.45) is 1.36. The standard InChI is InChI=1S/C10H11N5O4S/c1-15-10(12-8(17)9(18)14-15)20-4-6-5(2-3-19-6)7(16)13-11/h2-3H,4,11H2,1H3,(H,13,16)(H,14,18). The second-order valence-electron chi connectivity index (χ2n) is 3.72. The average molecular weight is 297 g/mol. The molecule has 0 fully saturated rings. The Morgan fingerprint density at radius 3 is 3.05 bits per heavy atom. The fourth-order valence-electron chi connectivity index (χ4n) is 1.45. The van der Waals surface area contributed by atoms with Crippen LogP contribution < -0.4 is 22.4 Å². The maximum Gasteiger partial charge on any atom is 0.339 e. The van der Waals surface area contributed by atoms with Gasteiger partial charge in [-0.05, 0) is 6.07 Å². The Kier molecular flexibility index (Phi) is 4.05. The summed E-state index contributed by atoms with van der Waals surface area (Å²) in [6, 6.07) is 1.48. The molecule has 0 aliphatic rings. The van der Waals surface area contributed by atoms with Crippen LogP contribution in [-0.4, -0.2) is 20.7 Å². The van der Waals surface area contributed by atoms with Crippen LogP contribution in [0.3, 0.4) is 0 Å². The first-order valence-electron chi connectivity index (χ1n) is 5.40. The fourth-order valence-corrected chi connectivity index (χ4v) is 2.32. The van der Waals surface area contributed by atoms with Crippen molar-refractivity contribution >= 4 is 17.7 Å². The number of nitrogen functional groups attached to an aromatic ring is 1. The Balaban J connectivity index is 2.20. The van der Waals surface area contributed by atoms with Crippen molar-refractivity contribution in [2.45, 2.75) is 10.9 Å². The number of amides is 1. The van der Waals surface area contributed by atoms with Gasteiger partial charge in [-0.15, -0.1) is 0 Å². The van der Waals surface area contributed by atoms with Gasteiger partial charge in [0.15, 0.2) is 5.16 Å². The second-order valence-corrected chi connectivity index (χ2v) is 4.66. The molecule has 0 unspecified atom stereocenters. The zero-order valence-electron chi connectivity index (χ0n) is 10.4. The first kappa shape index (κ1) is 14.1. The number of rotatable bonds is 4. The Morgan fingerprint density at radius 2 is 2.35 bits per heavy atom. The highest BCUT2D eigenvalue weighted by Gasteiger charge is 2.15. The van der Waals surface area contributed by atoms with E-state index in [-0.39, 0.29) is 5.75 Å². The molecule has 0 aliphatic carbocycles. The highest BCUT2D eigenvalue weighted by atomic mass is 32.2. The van der Waals surface area contributed by atoms with Gasteiger partial charge in [0, 0.05) is 7.05 Å². The minimum atomic E-state index is -0.870. The Hall–Kier alpha value is -2.33. The maximum atomic E-state index is 11.4. The molecule has 106 valence electrons. The van der Waals surface area contributed by atoms with Crippen LogP contribution in [-0.2, 0) is 12.8 Å². The van der Waals surface area contributed by atoms with Gasteiger partial charge in [0.25, 0.3) is 5.91 Å². The number of nitrogens with zero attached hydrogens (tertiary/aromatic N) is 2. The molecule has 0 atom stereocenters. The van der Waals surface area contributed by atoms with Crippen LogP contribution in [0.5, 0.6) is 0 Å². The number of thioether (sulfide) groups is 1. The molecule has 2 rings (SSSR count). The molecule has 10 heteroatoms. The number of aromatic amines is 1. The van der Waals surface area contributed by atoms with Crippen molar-refractivity contribution in [2.24, 2.45) is 12.9 Å². The number of aryl methyl sites for hydroxylation is 1. The van der Waals surface area contributed by atoms with Crippen LogP contribution in [0.25, 0.3) is 0 Å². The highest BCUT2D eigenvalue weighted by Crippen LogP contribution is 2.22. The Morgan fingerprint density at radius 1 is 1.60 bits per heavy atom. The van der Waals surface area contributed by atoms with Crippen molar-refractivity contribution in [3.8, 4) is 0 Å². The molecular formula is C10H11N5O4S. The van der Waals surface area contributed by atoms with Gasteiger partial charge in [0.2, 0.25) is 0 Å². The lowest BCUT2D eigenvalue weighted by Gasteiger charge is -2.05. The Labute approximate surface area is 116 Å². The van der Waals surface area contributed by atoms with Crippen LogP contribution in [0, 0.1) is 0 Å². The quantitative estimate of drug-likeness (QED) is 0.215. The summed E-state index contributed by atoms with van der Waals surface area (Å²) in [6.45, 7) is 0. The molecule has 9 nitrogen and oxygen atoms in total. The molecular weight excluding hydrogens is 286 g/mol. The molecule has 0 bridgehead atoms. The molecule has 1 amide bonds. The lowest BCUT2D eigenvalue weighted by Crippen LogP contribution is -2.33. The molecule has 0 saturated carbocycles. The molecule has 0 aromatic carbocycles. The van der Waals surface area contributed by atoms with Crippen molar-refractivity contribution < 1.29 is 9.21 Å². The monoisotopic (exact) mass is 297 g/mol. The van der Waals surface area contributed by atoms with E-state index in [1.165, 1.54) is 17.0 Å². The number of carbonyl (C=O) groups is 1. The van der Waals surface area contributed by atoms with Crippen molar-refractivity contribution in [1.29, 1.82) is 0 Å². The summed E-state index contributed by atoms with van der Waals surface area (Å²) in [4.78, 5) is 37.3. The zero-order valence-corrected chi connectivity index (χ0v) is 11.2. The second kappa shape index (κ2) is 5.75. The van der Waals surface area contributed by atoms with E-state index in [0.717, 1.165) is 11.8 Å². The van der Waals surface area contributed by atoms with Crippen LogP contribution in [0.1, 0.15) is 16.1 Å². The van der Waals surface area contributed by atoms with Gasteiger partial charge < -0.3 is 4.42 Å². The predicted octanol–water partition coefficient (Wildman–Crippen LogP) is -1.04. The number of H-pyrrole nitrogens is 1. The third kappa shape index (κ3) is 2.81. The van der Waals surface area contributed by atoms with Crippen molar-refractivity contribution in [3.05, 3.63) is 44.4 Å². The topological polar surface area (TPSA) is 136 Å². The Bertz CT molecular complexity index is 747. The lowest BCUT2D eigenvalue weighted by atomic mass is 10.2. The van der Waals surface area contributed by atoms with E-state index in [9.17, 15) is 14.4 Å². The molecule has 2 aromatic heterocycles. The van der Waals surface area contributed by atoms with Crippen molar-refractivity contribution in [1.82, 2.24) is 20.2 Å². The van der Waals surface area contributed by atoms with Crippen molar-refractivity contribution in [3.63, 3.8) is 0 Å². The summed E-state index contributed by atoms with van der Waals surface area (Å²) >= 11 is 1.14. The molecule has 0 radical (unpaired) electrons. The molecule has 2 aromatic rings. The van der Waals surface area contributed by atoms with E-state index in [1.54, 1.807) is 7.05 Å². The van der Waals surface area contributed by atoms with E-state index in [2.05, 4.69) is 10.1 Å². The highest BCUT2D eigenvalue weighted by molar-refractivity contribution is 7.98. The van der Waals surface area contributed by atoms with Crippen LogP contribution in [0.15, 0.2) is 31.5 Å². The third-order valence-corrected chi connectivity index (χ3v) is 3.43. The third-order valence-electron chi connectivity index (χ3n) is 2.40.